The third-order valence-corrected chi connectivity index (χ3v) is 8.82. The van der Waals surface area contributed by atoms with Crippen LogP contribution in [0.3, 0.4) is 0 Å². The van der Waals surface area contributed by atoms with Gasteiger partial charge < -0.3 is 15.3 Å². The molecular weight excluding hydrogens is 566 g/mol. The van der Waals surface area contributed by atoms with E-state index >= 15 is 0 Å². The van der Waals surface area contributed by atoms with E-state index < -0.39 is 16.1 Å². The van der Waals surface area contributed by atoms with Crippen LogP contribution in [0.25, 0.3) is 0 Å². The highest BCUT2D eigenvalue weighted by molar-refractivity contribution is 7.92. The first kappa shape index (κ1) is 32.1. The Balaban J connectivity index is 1.25. The predicted molar refractivity (Wildman–Crippen MR) is 167 cm³/mol. The number of nitrogens with one attached hydrogen (secondary N) is 2. The van der Waals surface area contributed by atoms with Crippen LogP contribution in [0.2, 0.25) is 0 Å². The van der Waals surface area contributed by atoms with E-state index in [1.807, 2.05) is 18.2 Å². The number of nitrogens with zero attached hydrogens (tertiary/aromatic N) is 3. The van der Waals surface area contributed by atoms with Gasteiger partial charge in [-0.2, -0.15) is 0 Å². The van der Waals surface area contributed by atoms with Crippen LogP contribution in [0.4, 0.5) is 16.2 Å². The molecule has 3 N–H and O–H groups in total. The summed E-state index contributed by atoms with van der Waals surface area (Å²) < 4.78 is 28.6. The lowest BCUT2D eigenvalue weighted by Gasteiger charge is -2.17. The average Bonchev–Trinajstić information content (AvgIpc) is 3.30. The highest BCUT2D eigenvalue weighted by Crippen LogP contribution is 2.25. The van der Waals surface area contributed by atoms with Gasteiger partial charge in [-0.3, -0.25) is 14.5 Å². The van der Waals surface area contributed by atoms with Gasteiger partial charge in [0.2, 0.25) is 0 Å². The molecule has 1 atom stereocenters. The van der Waals surface area contributed by atoms with Crippen LogP contribution in [-0.2, 0) is 21.2 Å². The Kier molecular flexibility index (Phi) is 11.7. The topological polar surface area (TPSA) is 132 Å². The van der Waals surface area contributed by atoms with E-state index in [0.717, 1.165) is 35.3 Å². The SMILES string of the molecule is CCCCCCCCN1CC(=O)N(c2ccc(S(=O)(=O)Nc3ccc(CCNCC(O)c4cccnc4)cc3)cc2)C1=O. The summed E-state index contributed by atoms with van der Waals surface area (Å²) in [6.07, 6.45) is 9.95. The van der Waals surface area contributed by atoms with Crippen molar-refractivity contribution in [3.05, 3.63) is 84.2 Å². The molecule has 1 unspecified atom stereocenters. The maximum absolute atomic E-state index is 13.0. The van der Waals surface area contributed by atoms with Gasteiger partial charge in [-0.05, 0) is 67.4 Å². The molecule has 1 saturated heterocycles. The van der Waals surface area contributed by atoms with Crippen molar-refractivity contribution in [1.29, 1.82) is 0 Å². The number of amides is 3. The molecule has 0 bridgehead atoms. The Morgan fingerprint density at radius 2 is 1.67 bits per heavy atom. The average molecular weight is 608 g/mol. The van der Waals surface area contributed by atoms with Gasteiger partial charge in [0.25, 0.3) is 15.9 Å². The molecule has 1 aromatic heterocycles. The van der Waals surface area contributed by atoms with Gasteiger partial charge in [0.15, 0.2) is 0 Å². The van der Waals surface area contributed by atoms with Gasteiger partial charge in [-0.1, -0.05) is 57.2 Å². The second-order valence-electron chi connectivity index (χ2n) is 10.8. The molecule has 0 spiro atoms. The summed E-state index contributed by atoms with van der Waals surface area (Å²) in [4.78, 5) is 32.2. The maximum atomic E-state index is 13.0. The largest absolute Gasteiger partial charge is 0.387 e. The number of benzene rings is 2. The van der Waals surface area contributed by atoms with E-state index in [-0.39, 0.29) is 23.4 Å². The fraction of sp³-hybridized carbons (Fsp3) is 0.406. The zero-order valence-electron chi connectivity index (χ0n) is 24.6. The number of hydrogen-bond donors (Lipinski definition) is 3. The van der Waals surface area contributed by atoms with Crippen molar-refractivity contribution in [2.75, 3.05) is 35.8 Å². The van der Waals surface area contributed by atoms with Crippen molar-refractivity contribution in [2.45, 2.75) is 62.9 Å². The number of unbranched alkanes of at least 4 members (excludes halogenated alkanes) is 5. The van der Waals surface area contributed by atoms with Crippen LogP contribution >= 0.6 is 0 Å². The van der Waals surface area contributed by atoms with Crippen molar-refractivity contribution in [1.82, 2.24) is 15.2 Å². The van der Waals surface area contributed by atoms with Crippen molar-refractivity contribution >= 4 is 33.3 Å². The van der Waals surface area contributed by atoms with Crippen molar-refractivity contribution < 1.29 is 23.1 Å². The van der Waals surface area contributed by atoms with Crippen LogP contribution in [0.5, 0.6) is 0 Å². The van der Waals surface area contributed by atoms with Crippen molar-refractivity contribution in [3.63, 3.8) is 0 Å². The molecule has 10 nitrogen and oxygen atoms in total. The number of rotatable bonds is 17. The lowest BCUT2D eigenvalue weighted by molar-refractivity contribution is -0.116. The Morgan fingerprint density at radius 1 is 0.953 bits per heavy atom. The fourth-order valence-corrected chi connectivity index (χ4v) is 6.01. The maximum Gasteiger partial charge on any atom is 0.331 e. The molecular formula is C32H41N5O5S. The van der Waals surface area contributed by atoms with Crippen molar-refractivity contribution in [3.8, 4) is 0 Å². The second kappa shape index (κ2) is 15.6. The summed E-state index contributed by atoms with van der Waals surface area (Å²) in [6.45, 7) is 3.79. The quantitative estimate of drug-likeness (QED) is 0.147. The number of pyridine rings is 1. The summed E-state index contributed by atoms with van der Waals surface area (Å²) in [6, 6.07) is 16.1. The molecule has 0 saturated carbocycles. The smallest absolute Gasteiger partial charge is 0.331 e. The van der Waals surface area contributed by atoms with Gasteiger partial charge in [0.05, 0.1) is 16.7 Å². The van der Waals surface area contributed by atoms with Crippen LogP contribution in [0, 0.1) is 0 Å². The van der Waals surface area contributed by atoms with Gasteiger partial charge in [-0.15, -0.1) is 0 Å². The number of hydrogen-bond acceptors (Lipinski definition) is 7. The lowest BCUT2D eigenvalue weighted by atomic mass is 10.1. The van der Waals surface area contributed by atoms with Crippen LogP contribution in [-0.4, -0.2) is 61.5 Å². The molecule has 230 valence electrons. The van der Waals surface area contributed by atoms with E-state index in [4.69, 9.17) is 0 Å². The summed E-state index contributed by atoms with van der Waals surface area (Å²) in [5.74, 6) is -0.315. The molecule has 0 radical (unpaired) electrons. The molecule has 0 aliphatic carbocycles. The monoisotopic (exact) mass is 607 g/mol. The van der Waals surface area contributed by atoms with E-state index in [2.05, 4.69) is 21.9 Å². The molecule has 2 aromatic carbocycles. The summed E-state index contributed by atoms with van der Waals surface area (Å²) in [7, 11) is -3.88. The standard InChI is InChI=1S/C32H41N5O5S/c1-2-3-4-5-6-7-21-36-24-31(39)37(32(36)40)28-14-16-29(17-15-28)43(41,42)35-27-12-10-25(11-13-27)18-20-34-23-30(38)26-9-8-19-33-22-26/h8-17,19,22,30,34-35,38H,2-7,18,20-21,23-24H2,1H3. The summed E-state index contributed by atoms with van der Waals surface area (Å²) in [5, 5.41) is 13.4. The number of sulfonamides is 1. The molecule has 2 heterocycles. The summed E-state index contributed by atoms with van der Waals surface area (Å²) >= 11 is 0. The predicted octanol–water partition coefficient (Wildman–Crippen LogP) is 4.88. The third kappa shape index (κ3) is 9.09. The molecule has 4 rings (SSSR count). The first-order valence-electron chi connectivity index (χ1n) is 14.9. The Hall–Kier alpha value is -3.80. The first-order valence-corrected chi connectivity index (χ1v) is 16.4. The molecule has 1 fully saturated rings. The van der Waals surface area contributed by atoms with Gasteiger partial charge in [-0.25, -0.2) is 18.1 Å². The molecule has 3 aromatic rings. The Bertz CT molecular complexity index is 1430. The molecule has 1 aliphatic rings. The van der Waals surface area contributed by atoms with Gasteiger partial charge in [0.1, 0.15) is 6.54 Å². The minimum Gasteiger partial charge on any atom is -0.387 e. The van der Waals surface area contributed by atoms with E-state index in [9.17, 15) is 23.1 Å². The van der Waals surface area contributed by atoms with Crippen molar-refractivity contribution in [2.24, 2.45) is 0 Å². The lowest BCUT2D eigenvalue weighted by Crippen LogP contribution is -2.33. The Labute approximate surface area is 254 Å². The number of aromatic nitrogens is 1. The zero-order chi connectivity index (χ0) is 30.7. The second-order valence-corrected chi connectivity index (χ2v) is 12.4. The van der Waals surface area contributed by atoms with E-state index in [1.54, 1.807) is 35.5 Å². The number of aliphatic hydroxyl groups is 1. The van der Waals surface area contributed by atoms with Crippen LogP contribution in [0.15, 0.2) is 78.0 Å². The summed E-state index contributed by atoms with van der Waals surface area (Å²) in [5.41, 5.74) is 2.54. The zero-order valence-corrected chi connectivity index (χ0v) is 25.4. The van der Waals surface area contributed by atoms with E-state index in [0.29, 0.717) is 37.4 Å². The highest BCUT2D eigenvalue weighted by atomic mass is 32.2. The number of carbonyl (C=O) groups is 2. The highest BCUT2D eigenvalue weighted by Gasteiger charge is 2.36. The number of aliphatic hydroxyl groups excluding tert-OH is 1. The van der Waals surface area contributed by atoms with Crippen LogP contribution in [0.1, 0.15) is 62.7 Å². The Morgan fingerprint density at radius 3 is 2.37 bits per heavy atom. The molecule has 1 aliphatic heterocycles. The minimum absolute atomic E-state index is 0.0275. The molecule has 11 heteroatoms. The number of carbonyl (C=O) groups excluding carboxylic acids is 2. The molecule has 43 heavy (non-hydrogen) atoms. The first-order chi connectivity index (χ1) is 20.8. The van der Waals surface area contributed by atoms with E-state index in [1.165, 1.54) is 43.5 Å². The number of anilines is 2. The normalized spacial score (nSPS) is 14.4. The fourth-order valence-electron chi connectivity index (χ4n) is 4.95. The van der Waals surface area contributed by atoms with Crippen LogP contribution < -0.4 is 14.9 Å². The molecule has 3 amide bonds. The minimum atomic E-state index is -3.88. The third-order valence-electron chi connectivity index (χ3n) is 7.43. The number of imide groups is 1. The number of urea groups is 1. The van der Waals surface area contributed by atoms with Gasteiger partial charge >= 0.3 is 6.03 Å². The van der Waals surface area contributed by atoms with Gasteiger partial charge in [0, 0.05) is 36.7 Å².